The van der Waals surface area contributed by atoms with Crippen LogP contribution in [0, 0.1) is 0 Å². The van der Waals surface area contributed by atoms with Crippen molar-refractivity contribution < 1.29 is 19.6 Å². The molecule has 0 bridgehead atoms. The van der Waals surface area contributed by atoms with Gasteiger partial charge in [0.25, 0.3) is 0 Å². The normalized spacial score (nSPS) is 11.2. The Labute approximate surface area is 108 Å². The SMILES string of the molecule is CC(C)(C)OC(=O)CCc1ccc(B(O)O)cc1. The van der Waals surface area contributed by atoms with Gasteiger partial charge in [-0.3, -0.25) is 4.79 Å². The van der Waals surface area contributed by atoms with Crippen molar-refractivity contribution in [3.05, 3.63) is 29.8 Å². The Hall–Kier alpha value is -1.33. The predicted molar refractivity (Wildman–Crippen MR) is 70.4 cm³/mol. The maximum absolute atomic E-state index is 11.5. The van der Waals surface area contributed by atoms with Crippen LogP contribution in [0.4, 0.5) is 0 Å². The molecule has 4 nitrogen and oxygen atoms in total. The Kier molecular flexibility index (Phi) is 4.93. The van der Waals surface area contributed by atoms with E-state index in [2.05, 4.69) is 0 Å². The molecule has 5 heteroatoms. The lowest BCUT2D eigenvalue weighted by Gasteiger charge is -2.19. The number of esters is 1. The summed E-state index contributed by atoms with van der Waals surface area (Å²) >= 11 is 0. The predicted octanol–water partition coefficient (Wildman–Crippen LogP) is 0.641. The fourth-order valence-electron chi connectivity index (χ4n) is 1.50. The van der Waals surface area contributed by atoms with E-state index in [-0.39, 0.29) is 5.97 Å². The summed E-state index contributed by atoms with van der Waals surface area (Å²) in [5, 5.41) is 17.9. The van der Waals surface area contributed by atoms with Crippen molar-refractivity contribution in [3.8, 4) is 0 Å². The van der Waals surface area contributed by atoms with Gasteiger partial charge in [-0.2, -0.15) is 0 Å². The molecule has 1 aromatic rings. The molecule has 0 aliphatic carbocycles. The molecule has 0 fully saturated rings. The number of ether oxygens (including phenoxy) is 1. The average Bonchev–Trinajstić information content (AvgIpc) is 2.24. The lowest BCUT2D eigenvalue weighted by molar-refractivity contribution is -0.154. The van der Waals surface area contributed by atoms with Crippen molar-refractivity contribution in [1.82, 2.24) is 0 Å². The van der Waals surface area contributed by atoms with Crippen molar-refractivity contribution in [1.29, 1.82) is 0 Å². The summed E-state index contributed by atoms with van der Waals surface area (Å²) in [6, 6.07) is 6.82. The number of carbonyl (C=O) groups excluding carboxylic acids is 1. The van der Waals surface area contributed by atoms with E-state index >= 15 is 0 Å². The molecule has 0 aliphatic rings. The van der Waals surface area contributed by atoms with Gasteiger partial charge in [0.1, 0.15) is 5.60 Å². The molecule has 1 rings (SSSR count). The standard InChI is InChI=1S/C13H19BO4/c1-13(2,3)18-12(15)9-6-10-4-7-11(8-5-10)14(16)17/h4-5,7-8,16-17H,6,9H2,1-3H3. The molecule has 0 saturated heterocycles. The smallest absolute Gasteiger partial charge is 0.460 e. The molecule has 0 aliphatic heterocycles. The Bertz CT molecular complexity index is 392. The molecule has 0 aromatic heterocycles. The summed E-state index contributed by atoms with van der Waals surface area (Å²) in [5.41, 5.74) is 0.948. The second-order valence-electron chi connectivity index (χ2n) is 5.20. The molecule has 0 amide bonds. The Morgan fingerprint density at radius 3 is 2.22 bits per heavy atom. The van der Waals surface area contributed by atoms with Gasteiger partial charge in [0.15, 0.2) is 0 Å². The van der Waals surface area contributed by atoms with E-state index in [9.17, 15) is 4.79 Å². The first-order chi connectivity index (χ1) is 8.28. The molecule has 1 aromatic carbocycles. The van der Waals surface area contributed by atoms with Gasteiger partial charge >= 0.3 is 13.1 Å². The van der Waals surface area contributed by atoms with Gasteiger partial charge in [0.2, 0.25) is 0 Å². The molecular weight excluding hydrogens is 231 g/mol. The van der Waals surface area contributed by atoms with Crippen molar-refractivity contribution in [2.24, 2.45) is 0 Å². The minimum atomic E-state index is -1.45. The number of hydrogen-bond acceptors (Lipinski definition) is 4. The van der Waals surface area contributed by atoms with Crippen LogP contribution in [0.5, 0.6) is 0 Å². The minimum absolute atomic E-state index is 0.228. The molecule has 98 valence electrons. The van der Waals surface area contributed by atoms with E-state index in [0.29, 0.717) is 18.3 Å². The summed E-state index contributed by atoms with van der Waals surface area (Å²) in [6.45, 7) is 5.51. The number of hydrogen-bond donors (Lipinski definition) is 2. The van der Waals surface area contributed by atoms with Gasteiger partial charge in [0.05, 0.1) is 0 Å². The second-order valence-corrected chi connectivity index (χ2v) is 5.20. The molecule has 0 unspecified atom stereocenters. The molecular formula is C13H19BO4. The third-order valence-electron chi connectivity index (χ3n) is 2.32. The first-order valence-corrected chi connectivity index (χ1v) is 5.95. The van der Waals surface area contributed by atoms with E-state index in [1.807, 2.05) is 20.8 Å². The topological polar surface area (TPSA) is 66.8 Å². The number of carbonyl (C=O) groups is 1. The first-order valence-electron chi connectivity index (χ1n) is 5.95. The maximum atomic E-state index is 11.5. The van der Waals surface area contributed by atoms with Crippen LogP contribution >= 0.6 is 0 Å². The maximum Gasteiger partial charge on any atom is 0.488 e. The summed E-state index contributed by atoms with van der Waals surface area (Å²) in [6.07, 6.45) is 0.898. The monoisotopic (exact) mass is 250 g/mol. The molecule has 0 heterocycles. The second kappa shape index (κ2) is 6.02. The lowest BCUT2D eigenvalue weighted by atomic mass is 9.80. The van der Waals surface area contributed by atoms with Crippen LogP contribution in [0.25, 0.3) is 0 Å². The molecule has 18 heavy (non-hydrogen) atoms. The Morgan fingerprint density at radius 1 is 1.22 bits per heavy atom. The van der Waals surface area contributed by atoms with Crippen molar-refractivity contribution in [2.75, 3.05) is 0 Å². The highest BCUT2D eigenvalue weighted by Gasteiger charge is 2.16. The van der Waals surface area contributed by atoms with E-state index in [1.165, 1.54) is 0 Å². The lowest BCUT2D eigenvalue weighted by Crippen LogP contribution is -2.29. The highest BCUT2D eigenvalue weighted by molar-refractivity contribution is 6.58. The summed E-state index contributed by atoms with van der Waals surface area (Å²) in [7, 11) is -1.45. The molecule has 0 spiro atoms. The summed E-state index contributed by atoms with van der Waals surface area (Å²) in [5.74, 6) is -0.228. The van der Waals surface area contributed by atoms with E-state index in [0.717, 1.165) is 5.56 Å². The number of benzene rings is 1. The highest BCUT2D eigenvalue weighted by atomic mass is 16.6. The molecule has 0 atom stereocenters. The molecule has 0 radical (unpaired) electrons. The third-order valence-corrected chi connectivity index (χ3v) is 2.32. The molecule has 0 saturated carbocycles. The Balaban J connectivity index is 2.46. The largest absolute Gasteiger partial charge is 0.488 e. The summed E-state index contributed by atoms with van der Waals surface area (Å²) in [4.78, 5) is 11.5. The molecule has 2 N–H and O–H groups in total. The average molecular weight is 250 g/mol. The van der Waals surface area contributed by atoms with Crippen molar-refractivity contribution in [2.45, 2.75) is 39.2 Å². The van der Waals surface area contributed by atoms with Gasteiger partial charge in [-0.05, 0) is 38.2 Å². The zero-order valence-corrected chi connectivity index (χ0v) is 11.0. The Morgan fingerprint density at radius 2 is 1.78 bits per heavy atom. The highest BCUT2D eigenvalue weighted by Crippen LogP contribution is 2.10. The van der Waals surface area contributed by atoms with E-state index in [4.69, 9.17) is 14.8 Å². The van der Waals surface area contributed by atoms with Crippen LogP contribution in [0.15, 0.2) is 24.3 Å². The minimum Gasteiger partial charge on any atom is -0.460 e. The quantitative estimate of drug-likeness (QED) is 0.608. The first kappa shape index (κ1) is 14.7. The van der Waals surface area contributed by atoms with Crippen molar-refractivity contribution >= 4 is 18.6 Å². The van der Waals surface area contributed by atoms with Gasteiger partial charge in [-0.25, -0.2) is 0 Å². The third kappa shape index (κ3) is 5.34. The van der Waals surface area contributed by atoms with Crippen LogP contribution < -0.4 is 5.46 Å². The van der Waals surface area contributed by atoms with Gasteiger partial charge < -0.3 is 14.8 Å². The fraction of sp³-hybridized carbons (Fsp3) is 0.462. The van der Waals surface area contributed by atoms with E-state index in [1.54, 1.807) is 24.3 Å². The van der Waals surface area contributed by atoms with Crippen LogP contribution in [0.3, 0.4) is 0 Å². The number of aryl methyl sites for hydroxylation is 1. The van der Waals surface area contributed by atoms with Crippen molar-refractivity contribution in [3.63, 3.8) is 0 Å². The van der Waals surface area contributed by atoms with Crippen LogP contribution in [0.2, 0.25) is 0 Å². The van der Waals surface area contributed by atoms with Gasteiger partial charge in [-0.15, -0.1) is 0 Å². The van der Waals surface area contributed by atoms with E-state index < -0.39 is 12.7 Å². The van der Waals surface area contributed by atoms with Gasteiger partial charge in [0, 0.05) is 6.42 Å². The van der Waals surface area contributed by atoms with Crippen LogP contribution in [-0.2, 0) is 16.0 Å². The number of rotatable bonds is 4. The summed E-state index contributed by atoms with van der Waals surface area (Å²) < 4.78 is 5.20. The fourth-order valence-corrected chi connectivity index (χ4v) is 1.50. The van der Waals surface area contributed by atoms with Gasteiger partial charge in [-0.1, -0.05) is 24.3 Å². The zero-order valence-electron chi connectivity index (χ0n) is 11.0. The van der Waals surface area contributed by atoms with Crippen LogP contribution in [0.1, 0.15) is 32.8 Å². The zero-order chi connectivity index (χ0) is 13.8. The van der Waals surface area contributed by atoms with Crippen LogP contribution in [-0.4, -0.2) is 28.7 Å².